The molecule has 0 aliphatic carbocycles. The average Bonchev–Trinajstić information content (AvgIpc) is 2.83. The van der Waals surface area contributed by atoms with Gasteiger partial charge in [0.25, 0.3) is 0 Å². The van der Waals surface area contributed by atoms with Gasteiger partial charge in [0.15, 0.2) is 23.3 Å². The van der Waals surface area contributed by atoms with Crippen molar-refractivity contribution >= 4 is 34.6 Å². The van der Waals surface area contributed by atoms with Crippen molar-refractivity contribution in [2.75, 3.05) is 23.8 Å². The SMILES string of the molecule is CCCNc1nc(N(C)Cc2ccc(Cl)s2)c(F)cc1F. The van der Waals surface area contributed by atoms with Gasteiger partial charge in [-0.15, -0.1) is 11.3 Å². The maximum Gasteiger partial charge on any atom is 0.168 e. The van der Waals surface area contributed by atoms with Crippen LogP contribution in [0.3, 0.4) is 0 Å². The molecule has 0 aromatic carbocycles. The van der Waals surface area contributed by atoms with Crippen LogP contribution in [0.2, 0.25) is 4.34 Å². The van der Waals surface area contributed by atoms with Gasteiger partial charge in [0.1, 0.15) is 0 Å². The third-order valence-corrected chi connectivity index (χ3v) is 4.05. The number of hydrogen-bond acceptors (Lipinski definition) is 4. The summed E-state index contributed by atoms with van der Waals surface area (Å²) in [5.41, 5.74) is 0. The Bertz CT molecular complexity index is 618. The second-order valence-corrected chi connectivity index (χ2v) is 6.41. The standard InChI is InChI=1S/C14H16ClF2N3S/c1-3-6-18-13-10(16)7-11(17)14(19-13)20(2)8-9-4-5-12(15)21-9/h4-5,7H,3,6,8H2,1-2H3,(H,18,19). The van der Waals surface area contributed by atoms with E-state index in [0.717, 1.165) is 17.4 Å². The quantitative estimate of drug-likeness (QED) is 0.842. The fourth-order valence-corrected chi connectivity index (χ4v) is 2.98. The highest BCUT2D eigenvalue weighted by Crippen LogP contribution is 2.26. The fourth-order valence-electron chi connectivity index (χ4n) is 1.84. The van der Waals surface area contributed by atoms with Crippen LogP contribution in [0.25, 0.3) is 0 Å². The van der Waals surface area contributed by atoms with E-state index in [1.165, 1.54) is 11.3 Å². The smallest absolute Gasteiger partial charge is 0.168 e. The Kier molecular flexibility index (Phi) is 5.36. The van der Waals surface area contributed by atoms with Crippen molar-refractivity contribution in [2.45, 2.75) is 19.9 Å². The number of anilines is 2. The largest absolute Gasteiger partial charge is 0.368 e. The molecule has 7 heteroatoms. The number of thiophene rings is 1. The van der Waals surface area contributed by atoms with Gasteiger partial charge in [-0.1, -0.05) is 18.5 Å². The van der Waals surface area contributed by atoms with E-state index in [-0.39, 0.29) is 11.6 Å². The van der Waals surface area contributed by atoms with Crippen LogP contribution >= 0.6 is 22.9 Å². The maximum absolute atomic E-state index is 13.9. The van der Waals surface area contributed by atoms with Crippen molar-refractivity contribution in [3.05, 3.63) is 39.0 Å². The molecule has 0 fully saturated rings. The third-order valence-electron chi connectivity index (χ3n) is 2.84. The molecule has 0 atom stereocenters. The van der Waals surface area contributed by atoms with Crippen molar-refractivity contribution in [3.8, 4) is 0 Å². The highest BCUT2D eigenvalue weighted by Gasteiger charge is 2.15. The molecule has 0 spiro atoms. The summed E-state index contributed by atoms with van der Waals surface area (Å²) in [6.07, 6.45) is 0.831. The van der Waals surface area contributed by atoms with Crippen molar-refractivity contribution in [1.82, 2.24) is 4.98 Å². The highest BCUT2D eigenvalue weighted by molar-refractivity contribution is 7.16. The summed E-state index contributed by atoms with van der Waals surface area (Å²) >= 11 is 7.30. The molecule has 0 amide bonds. The molecule has 21 heavy (non-hydrogen) atoms. The Labute approximate surface area is 131 Å². The van der Waals surface area contributed by atoms with Crippen LogP contribution < -0.4 is 10.2 Å². The van der Waals surface area contributed by atoms with Crippen LogP contribution in [0.15, 0.2) is 18.2 Å². The zero-order chi connectivity index (χ0) is 15.4. The molecular weight excluding hydrogens is 316 g/mol. The summed E-state index contributed by atoms with van der Waals surface area (Å²) in [6.45, 7) is 3.00. The van der Waals surface area contributed by atoms with E-state index in [9.17, 15) is 8.78 Å². The Balaban J connectivity index is 2.20. The van der Waals surface area contributed by atoms with Crippen LogP contribution in [-0.4, -0.2) is 18.6 Å². The van der Waals surface area contributed by atoms with Gasteiger partial charge in [0.05, 0.1) is 10.9 Å². The molecule has 3 nitrogen and oxygen atoms in total. The summed E-state index contributed by atoms with van der Waals surface area (Å²) in [7, 11) is 1.71. The molecule has 2 heterocycles. The lowest BCUT2D eigenvalue weighted by Crippen LogP contribution is -2.20. The Morgan fingerprint density at radius 1 is 1.33 bits per heavy atom. The lowest BCUT2D eigenvalue weighted by Gasteiger charge is -2.19. The highest BCUT2D eigenvalue weighted by atomic mass is 35.5. The number of nitrogens with zero attached hydrogens (tertiary/aromatic N) is 2. The zero-order valence-electron chi connectivity index (χ0n) is 11.8. The van der Waals surface area contributed by atoms with Gasteiger partial charge in [-0.3, -0.25) is 0 Å². The molecule has 1 N–H and O–H groups in total. The number of pyridine rings is 1. The first-order chi connectivity index (χ1) is 10.0. The zero-order valence-corrected chi connectivity index (χ0v) is 13.4. The van der Waals surface area contributed by atoms with E-state index in [2.05, 4.69) is 10.3 Å². The summed E-state index contributed by atoms with van der Waals surface area (Å²) < 4.78 is 28.2. The first-order valence-electron chi connectivity index (χ1n) is 6.56. The van der Waals surface area contributed by atoms with Crippen LogP contribution in [0.4, 0.5) is 20.4 Å². The lowest BCUT2D eigenvalue weighted by molar-refractivity contribution is 0.572. The number of aromatic nitrogens is 1. The molecule has 0 saturated carbocycles. The summed E-state index contributed by atoms with van der Waals surface area (Å²) in [5, 5.41) is 2.86. The Morgan fingerprint density at radius 2 is 2.10 bits per heavy atom. The van der Waals surface area contributed by atoms with Gasteiger partial charge in [0.2, 0.25) is 0 Å². The molecular formula is C14H16ClF2N3S. The summed E-state index contributed by atoms with van der Waals surface area (Å²) in [4.78, 5) is 6.66. The van der Waals surface area contributed by atoms with Gasteiger partial charge in [-0.2, -0.15) is 0 Å². The molecule has 0 aliphatic heterocycles. The molecule has 0 saturated heterocycles. The lowest BCUT2D eigenvalue weighted by atomic mass is 10.3. The van der Waals surface area contributed by atoms with E-state index < -0.39 is 11.6 Å². The molecule has 0 bridgehead atoms. The summed E-state index contributed by atoms with van der Waals surface area (Å²) in [6, 6.07) is 4.53. The minimum absolute atomic E-state index is 0.0734. The van der Waals surface area contributed by atoms with Gasteiger partial charge in [-0.05, 0) is 18.6 Å². The minimum atomic E-state index is -0.683. The van der Waals surface area contributed by atoms with E-state index in [4.69, 9.17) is 11.6 Å². The molecule has 114 valence electrons. The molecule has 2 rings (SSSR count). The molecule has 0 unspecified atom stereocenters. The second kappa shape index (κ2) is 7.04. The number of rotatable bonds is 6. The number of nitrogens with one attached hydrogen (secondary N) is 1. The topological polar surface area (TPSA) is 28.2 Å². The number of halogens is 3. The monoisotopic (exact) mass is 331 g/mol. The third kappa shape index (κ3) is 4.04. The van der Waals surface area contributed by atoms with E-state index in [1.54, 1.807) is 18.0 Å². The maximum atomic E-state index is 13.9. The molecule has 2 aromatic rings. The second-order valence-electron chi connectivity index (χ2n) is 4.61. The van der Waals surface area contributed by atoms with Crippen LogP contribution in [0.1, 0.15) is 18.2 Å². The fraction of sp³-hybridized carbons (Fsp3) is 0.357. The number of hydrogen-bond donors (Lipinski definition) is 1. The molecule has 2 aromatic heterocycles. The van der Waals surface area contributed by atoms with Crippen molar-refractivity contribution in [3.63, 3.8) is 0 Å². The van der Waals surface area contributed by atoms with E-state index in [0.29, 0.717) is 17.4 Å². The molecule has 0 aliphatic rings. The van der Waals surface area contributed by atoms with Crippen LogP contribution in [-0.2, 0) is 6.54 Å². The molecule has 0 radical (unpaired) electrons. The Morgan fingerprint density at radius 3 is 2.71 bits per heavy atom. The van der Waals surface area contributed by atoms with E-state index in [1.807, 2.05) is 13.0 Å². The van der Waals surface area contributed by atoms with Gasteiger partial charge in [-0.25, -0.2) is 13.8 Å². The first kappa shape index (κ1) is 16.0. The van der Waals surface area contributed by atoms with Crippen molar-refractivity contribution in [1.29, 1.82) is 0 Å². The van der Waals surface area contributed by atoms with Crippen LogP contribution in [0.5, 0.6) is 0 Å². The minimum Gasteiger partial charge on any atom is -0.368 e. The van der Waals surface area contributed by atoms with E-state index >= 15 is 0 Å². The van der Waals surface area contributed by atoms with Gasteiger partial charge >= 0.3 is 0 Å². The summed E-state index contributed by atoms with van der Waals surface area (Å²) in [5.74, 6) is -1.18. The predicted octanol–water partition coefficient (Wildman–Crippen LogP) is 4.53. The Hall–Kier alpha value is -1.40. The predicted molar refractivity (Wildman–Crippen MR) is 84.4 cm³/mol. The van der Waals surface area contributed by atoms with Crippen LogP contribution in [0, 0.1) is 11.6 Å². The van der Waals surface area contributed by atoms with Gasteiger partial charge in [0, 0.05) is 24.5 Å². The van der Waals surface area contributed by atoms with Gasteiger partial charge < -0.3 is 10.2 Å². The van der Waals surface area contributed by atoms with Crippen molar-refractivity contribution < 1.29 is 8.78 Å². The van der Waals surface area contributed by atoms with Crippen molar-refractivity contribution in [2.24, 2.45) is 0 Å². The first-order valence-corrected chi connectivity index (χ1v) is 7.76. The normalized spacial score (nSPS) is 10.7. The average molecular weight is 332 g/mol.